The van der Waals surface area contributed by atoms with Crippen LogP contribution in [-0.4, -0.2) is 23.9 Å². The molecule has 1 aromatic rings. The Morgan fingerprint density at radius 1 is 1.19 bits per heavy atom. The van der Waals surface area contributed by atoms with Crippen LogP contribution in [0.5, 0.6) is 0 Å². The molecule has 4 N–H and O–H groups in total. The van der Waals surface area contributed by atoms with Crippen LogP contribution in [0, 0.1) is 6.92 Å². The summed E-state index contributed by atoms with van der Waals surface area (Å²) in [6.45, 7) is 3.59. The largest absolute Gasteiger partial charge is 0.397 e. The molecule has 0 atom stereocenters. The molecule has 0 saturated carbocycles. The van der Waals surface area contributed by atoms with E-state index in [4.69, 9.17) is 11.5 Å². The number of nitrogens with zero attached hydrogens (tertiary/aromatic N) is 1. The summed E-state index contributed by atoms with van der Waals surface area (Å²) in [6, 6.07) is 3.45. The van der Waals surface area contributed by atoms with Crippen molar-refractivity contribution in [3.05, 3.63) is 23.3 Å². The fourth-order valence-corrected chi connectivity index (χ4v) is 2.07. The van der Waals surface area contributed by atoms with E-state index in [1.807, 2.05) is 11.8 Å². The number of rotatable bonds is 1. The van der Waals surface area contributed by atoms with Crippen molar-refractivity contribution in [2.75, 3.05) is 24.6 Å². The van der Waals surface area contributed by atoms with Gasteiger partial charge in [-0.2, -0.15) is 0 Å². The number of hydrogen-bond donors (Lipinski definition) is 2. The maximum atomic E-state index is 12.2. The molecule has 2 rings (SSSR count). The Balaban J connectivity index is 2.32. The Hall–Kier alpha value is -1.71. The molecule has 0 unspecified atom stereocenters. The quantitative estimate of drug-likeness (QED) is 0.701. The molecule has 1 amide bonds. The van der Waals surface area contributed by atoms with Crippen LogP contribution in [0.1, 0.15) is 28.8 Å². The highest BCUT2D eigenvalue weighted by Gasteiger charge is 2.21. The van der Waals surface area contributed by atoms with E-state index in [0.717, 1.165) is 31.5 Å². The van der Waals surface area contributed by atoms with E-state index in [1.54, 1.807) is 12.1 Å². The third-order valence-electron chi connectivity index (χ3n) is 3.05. The molecule has 0 bridgehead atoms. The summed E-state index contributed by atoms with van der Waals surface area (Å²) >= 11 is 0. The van der Waals surface area contributed by atoms with Gasteiger partial charge in [-0.05, 0) is 37.5 Å². The van der Waals surface area contributed by atoms with Gasteiger partial charge in [0.25, 0.3) is 5.91 Å². The standard InChI is InChI=1S/C12H17N3O/c1-8-6-10(13)11(14)7-9(8)12(16)15-4-2-3-5-15/h6-7H,2-5,13-14H2,1H3. The van der Waals surface area contributed by atoms with Crippen molar-refractivity contribution in [3.63, 3.8) is 0 Å². The Kier molecular flexibility index (Phi) is 2.73. The molecule has 1 aromatic carbocycles. The first kappa shape index (κ1) is 10.8. The van der Waals surface area contributed by atoms with Crippen LogP contribution in [0.3, 0.4) is 0 Å². The molecule has 1 fully saturated rings. The van der Waals surface area contributed by atoms with Crippen LogP contribution in [0.15, 0.2) is 12.1 Å². The maximum Gasteiger partial charge on any atom is 0.254 e. The number of amides is 1. The summed E-state index contributed by atoms with van der Waals surface area (Å²) in [5.41, 5.74) is 14.0. The number of likely N-dealkylation sites (tertiary alicyclic amines) is 1. The number of nitrogen functional groups attached to an aromatic ring is 2. The highest BCUT2D eigenvalue weighted by molar-refractivity contribution is 5.97. The third kappa shape index (κ3) is 1.83. The van der Waals surface area contributed by atoms with Crippen LogP contribution in [0.25, 0.3) is 0 Å². The van der Waals surface area contributed by atoms with Crippen LogP contribution in [-0.2, 0) is 0 Å². The fraction of sp³-hybridized carbons (Fsp3) is 0.417. The normalized spacial score (nSPS) is 15.4. The molecule has 1 aliphatic heterocycles. The molecule has 1 saturated heterocycles. The molecule has 1 aliphatic rings. The molecule has 86 valence electrons. The van der Waals surface area contributed by atoms with Gasteiger partial charge in [-0.3, -0.25) is 4.79 Å². The van der Waals surface area contributed by atoms with E-state index in [1.165, 1.54) is 0 Å². The highest BCUT2D eigenvalue weighted by Crippen LogP contribution is 2.23. The number of carbonyl (C=O) groups is 1. The van der Waals surface area contributed by atoms with Gasteiger partial charge in [0.05, 0.1) is 11.4 Å². The summed E-state index contributed by atoms with van der Waals surface area (Å²) in [5.74, 6) is 0.0710. The zero-order valence-corrected chi connectivity index (χ0v) is 9.49. The minimum absolute atomic E-state index is 0.0710. The van der Waals surface area contributed by atoms with Crippen molar-refractivity contribution in [1.82, 2.24) is 4.90 Å². The van der Waals surface area contributed by atoms with E-state index in [-0.39, 0.29) is 5.91 Å². The molecule has 0 aliphatic carbocycles. The van der Waals surface area contributed by atoms with Crippen molar-refractivity contribution in [2.45, 2.75) is 19.8 Å². The van der Waals surface area contributed by atoms with Crippen molar-refractivity contribution >= 4 is 17.3 Å². The van der Waals surface area contributed by atoms with Gasteiger partial charge in [-0.25, -0.2) is 0 Å². The second kappa shape index (κ2) is 4.04. The number of anilines is 2. The topological polar surface area (TPSA) is 72.3 Å². The molecule has 0 spiro atoms. The van der Waals surface area contributed by atoms with Gasteiger partial charge in [0.15, 0.2) is 0 Å². The Labute approximate surface area is 95.2 Å². The lowest BCUT2D eigenvalue weighted by molar-refractivity contribution is 0.0792. The first-order valence-electron chi connectivity index (χ1n) is 5.54. The molecule has 0 aromatic heterocycles. The lowest BCUT2D eigenvalue weighted by Gasteiger charge is -2.17. The van der Waals surface area contributed by atoms with E-state index < -0.39 is 0 Å². The minimum atomic E-state index is 0.0710. The molecule has 4 nitrogen and oxygen atoms in total. The molecule has 1 heterocycles. The lowest BCUT2D eigenvalue weighted by atomic mass is 10.1. The first-order valence-corrected chi connectivity index (χ1v) is 5.54. The average Bonchev–Trinajstić information content (AvgIpc) is 2.75. The average molecular weight is 219 g/mol. The summed E-state index contributed by atoms with van der Waals surface area (Å²) in [5, 5.41) is 0. The maximum absolute atomic E-state index is 12.2. The summed E-state index contributed by atoms with van der Waals surface area (Å²) in [6.07, 6.45) is 2.19. The second-order valence-corrected chi connectivity index (χ2v) is 4.30. The van der Waals surface area contributed by atoms with Crippen molar-refractivity contribution in [3.8, 4) is 0 Å². The predicted molar refractivity (Wildman–Crippen MR) is 65.1 cm³/mol. The van der Waals surface area contributed by atoms with Gasteiger partial charge in [-0.15, -0.1) is 0 Å². The van der Waals surface area contributed by atoms with Gasteiger partial charge in [0.2, 0.25) is 0 Å². The van der Waals surface area contributed by atoms with Gasteiger partial charge < -0.3 is 16.4 Å². The minimum Gasteiger partial charge on any atom is -0.397 e. The zero-order valence-electron chi connectivity index (χ0n) is 9.49. The monoisotopic (exact) mass is 219 g/mol. The number of aryl methyl sites for hydroxylation is 1. The fourth-order valence-electron chi connectivity index (χ4n) is 2.07. The molecular formula is C12H17N3O. The summed E-state index contributed by atoms with van der Waals surface area (Å²) in [4.78, 5) is 14.0. The summed E-state index contributed by atoms with van der Waals surface area (Å²) in [7, 11) is 0. The second-order valence-electron chi connectivity index (χ2n) is 4.30. The summed E-state index contributed by atoms with van der Waals surface area (Å²) < 4.78 is 0. The van der Waals surface area contributed by atoms with Gasteiger partial charge >= 0.3 is 0 Å². The van der Waals surface area contributed by atoms with Gasteiger partial charge in [0.1, 0.15) is 0 Å². The highest BCUT2D eigenvalue weighted by atomic mass is 16.2. The van der Waals surface area contributed by atoms with Gasteiger partial charge in [-0.1, -0.05) is 0 Å². The lowest BCUT2D eigenvalue weighted by Crippen LogP contribution is -2.28. The SMILES string of the molecule is Cc1cc(N)c(N)cc1C(=O)N1CCCC1. The van der Waals surface area contributed by atoms with E-state index in [9.17, 15) is 4.79 Å². The smallest absolute Gasteiger partial charge is 0.254 e. The van der Waals surface area contributed by atoms with E-state index in [2.05, 4.69) is 0 Å². The Morgan fingerprint density at radius 2 is 1.75 bits per heavy atom. The van der Waals surface area contributed by atoms with Crippen molar-refractivity contribution in [2.24, 2.45) is 0 Å². The van der Waals surface area contributed by atoms with Crippen LogP contribution >= 0.6 is 0 Å². The van der Waals surface area contributed by atoms with Crippen molar-refractivity contribution < 1.29 is 4.79 Å². The van der Waals surface area contributed by atoms with Crippen LogP contribution in [0.4, 0.5) is 11.4 Å². The van der Waals surface area contributed by atoms with Crippen LogP contribution in [0.2, 0.25) is 0 Å². The first-order chi connectivity index (χ1) is 7.59. The van der Waals surface area contributed by atoms with Gasteiger partial charge in [0, 0.05) is 18.7 Å². The predicted octanol–water partition coefficient (Wildman–Crippen LogP) is 1.40. The number of hydrogen-bond acceptors (Lipinski definition) is 3. The number of carbonyl (C=O) groups excluding carboxylic acids is 1. The Bertz CT molecular complexity index is 423. The molecule has 4 heteroatoms. The van der Waals surface area contributed by atoms with E-state index in [0.29, 0.717) is 16.9 Å². The van der Waals surface area contributed by atoms with E-state index >= 15 is 0 Å². The zero-order chi connectivity index (χ0) is 11.7. The third-order valence-corrected chi connectivity index (χ3v) is 3.05. The Morgan fingerprint density at radius 3 is 2.38 bits per heavy atom. The molecule has 16 heavy (non-hydrogen) atoms. The number of nitrogens with two attached hydrogens (primary N) is 2. The van der Waals surface area contributed by atoms with Crippen molar-refractivity contribution in [1.29, 1.82) is 0 Å². The number of benzene rings is 1. The molecule has 0 radical (unpaired) electrons. The molecular weight excluding hydrogens is 202 g/mol. The van der Waals surface area contributed by atoms with Crippen LogP contribution < -0.4 is 11.5 Å².